The van der Waals surface area contributed by atoms with Gasteiger partial charge >= 0.3 is 0 Å². The Hall–Kier alpha value is -2.72. The first kappa shape index (κ1) is 23.6. The molecule has 0 aliphatic carbocycles. The molecule has 30 heavy (non-hydrogen) atoms. The third kappa shape index (κ3) is 4.39. The summed E-state index contributed by atoms with van der Waals surface area (Å²) in [5.74, 6) is 0.0613. The van der Waals surface area contributed by atoms with Crippen molar-refractivity contribution < 1.29 is 20.1 Å². The van der Waals surface area contributed by atoms with E-state index in [1.165, 1.54) is 17.8 Å². The lowest BCUT2D eigenvalue weighted by Gasteiger charge is -2.18. The van der Waals surface area contributed by atoms with Gasteiger partial charge in [0.1, 0.15) is 5.82 Å². The molecule has 0 bridgehead atoms. The second kappa shape index (κ2) is 9.86. The standard InChI is InChI=1S/C21H21FN4OS.2H2O/c1-25(2)12-11-23-21(27)18-16-13-28-20-15(9-6-10-17(20)22)19(16)26(24-18)14-7-4-3-5-8-14;;/h3-10H,11-13H2,1-2H3,(H,23,27);2*1H2. The van der Waals surface area contributed by atoms with E-state index in [0.717, 1.165) is 29.1 Å². The molecule has 5 N–H and O–H groups in total. The van der Waals surface area contributed by atoms with Crippen molar-refractivity contribution in [1.82, 2.24) is 20.0 Å². The minimum Gasteiger partial charge on any atom is -0.412 e. The summed E-state index contributed by atoms with van der Waals surface area (Å²) in [6, 6.07) is 14.7. The topological polar surface area (TPSA) is 113 Å². The zero-order valence-corrected chi connectivity index (χ0v) is 17.6. The number of halogens is 1. The molecule has 1 aliphatic heterocycles. The van der Waals surface area contributed by atoms with Gasteiger partial charge in [-0.2, -0.15) is 5.10 Å². The van der Waals surface area contributed by atoms with Crippen molar-refractivity contribution in [1.29, 1.82) is 0 Å². The van der Waals surface area contributed by atoms with Crippen molar-refractivity contribution in [2.45, 2.75) is 10.6 Å². The fraction of sp³-hybridized carbons (Fsp3) is 0.238. The minimum atomic E-state index is -0.244. The number of amides is 1. The molecular formula is C21H25FN4O3S. The zero-order valence-electron chi connectivity index (χ0n) is 16.8. The molecule has 0 radical (unpaired) electrons. The molecule has 1 amide bonds. The Bertz CT molecular complexity index is 1020. The van der Waals surface area contributed by atoms with Gasteiger partial charge < -0.3 is 21.2 Å². The van der Waals surface area contributed by atoms with Crippen LogP contribution in [0.15, 0.2) is 53.4 Å². The molecule has 7 nitrogen and oxygen atoms in total. The number of aromatic nitrogens is 2. The third-order valence-electron chi connectivity index (χ3n) is 4.63. The summed E-state index contributed by atoms with van der Waals surface area (Å²) < 4.78 is 16.1. The van der Waals surface area contributed by atoms with Crippen LogP contribution in [0.3, 0.4) is 0 Å². The van der Waals surface area contributed by atoms with Crippen molar-refractivity contribution in [3.8, 4) is 16.9 Å². The lowest BCUT2D eigenvalue weighted by molar-refractivity contribution is 0.0945. The van der Waals surface area contributed by atoms with Gasteiger partial charge in [-0.3, -0.25) is 4.79 Å². The number of benzene rings is 2. The number of hydrogen-bond donors (Lipinski definition) is 1. The summed E-state index contributed by atoms with van der Waals surface area (Å²) in [7, 11) is 3.92. The van der Waals surface area contributed by atoms with Crippen LogP contribution in [0.25, 0.3) is 16.9 Å². The van der Waals surface area contributed by atoms with Crippen LogP contribution in [0.2, 0.25) is 0 Å². The fourth-order valence-corrected chi connectivity index (χ4v) is 4.35. The highest BCUT2D eigenvalue weighted by atomic mass is 32.2. The molecule has 1 aliphatic rings. The molecular weight excluding hydrogens is 407 g/mol. The molecule has 3 aromatic rings. The number of para-hydroxylation sites is 1. The Kier molecular flexibility index (Phi) is 7.74. The van der Waals surface area contributed by atoms with Crippen LogP contribution in [0.5, 0.6) is 0 Å². The summed E-state index contributed by atoms with van der Waals surface area (Å²) in [5.41, 5.74) is 3.65. The number of fused-ring (bicyclic) bond motifs is 3. The molecule has 0 saturated carbocycles. The summed E-state index contributed by atoms with van der Waals surface area (Å²) >= 11 is 1.41. The Morgan fingerprint density at radius 2 is 1.90 bits per heavy atom. The molecule has 0 unspecified atom stereocenters. The Morgan fingerprint density at radius 3 is 2.60 bits per heavy atom. The van der Waals surface area contributed by atoms with E-state index in [0.29, 0.717) is 22.9 Å². The van der Waals surface area contributed by atoms with Gasteiger partial charge in [-0.25, -0.2) is 9.07 Å². The van der Waals surface area contributed by atoms with Gasteiger partial charge in [-0.05, 0) is 32.3 Å². The van der Waals surface area contributed by atoms with Gasteiger partial charge in [-0.1, -0.05) is 30.3 Å². The van der Waals surface area contributed by atoms with Gasteiger partial charge in [0.25, 0.3) is 5.91 Å². The third-order valence-corrected chi connectivity index (χ3v) is 5.76. The zero-order chi connectivity index (χ0) is 19.7. The molecule has 0 atom stereocenters. The van der Waals surface area contributed by atoms with Crippen LogP contribution >= 0.6 is 11.8 Å². The highest BCUT2D eigenvalue weighted by Crippen LogP contribution is 2.44. The highest BCUT2D eigenvalue weighted by molar-refractivity contribution is 7.98. The van der Waals surface area contributed by atoms with Crippen LogP contribution in [0.4, 0.5) is 4.39 Å². The predicted octanol–water partition coefficient (Wildman–Crippen LogP) is 1.93. The van der Waals surface area contributed by atoms with E-state index in [4.69, 9.17) is 0 Å². The maximum absolute atomic E-state index is 14.4. The maximum atomic E-state index is 14.4. The first-order valence-corrected chi connectivity index (χ1v) is 10.1. The molecule has 4 rings (SSSR count). The number of carbonyl (C=O) groups is 1. The van der Waals surface area contributed by atoms with E-state index < -0.39 is 0 Å². The van der Waals surface area contributed by atoms with E-state index in [1.807, 2.05) is 55.4 Å². The molecule has 1 aromatic heterocycles. The molecule has 2 heterocycles. The second-order valence-electron chi connectivity index (χ2n) is 6.89. The second-order valence-corrected chi connectivity index (χ2v) is 7.87. The molecule has 160 valence electrons. The highest BCUT2D eigenvalue weighted by Gasteiger charge is 2.30. The van der Waals surface area contributed by atoms with Crippen LogP contribution in [-0.2, 0) is 5.75 Å². The molecule has 2 aromatic carbocycles. The molecule has 9 heteroatoms. The smallest absolute Gasteiger partial charge is 0.272 e. The Balaban J connectivity index is 0.00000160. The molecule has 0 fully saturated rings. The quantitative estimate of drug-likeness (QED) is 0.663. The average Bonchev–Trinajstić information content (AvgIpc) is 3.09. The van der Waals surface area contributed by atoms with Gasteiger partial charge in [0.15, 0.2) is 5.69 Å². The number of thioether (sulfide) groups is 1. The van der Waals surface area contributed by atoms with E-state index in [9.17, 15) is 9.18 Å². The number of nitrogens with one attached hydrogen (secondary N) is 1. The summed E-state index contributed by atoms with van der Waals surface area (Å²) in [4.78, 5) is 15.4. The van der Waals surface area contributed by atoms with E-state index >= 15 is 0 Å². The summed E-state index contributed by atoms with van der Waals surface area (Å²) in [6.45, 7) is 1.29. The minimum absolute atomic E-state index is 0. The number of rotatable bonds is 5. The van der Waals surface area contributed by atoms with Crippen LogP contribution in [-0.4, -0.2) is 58.7 Å². The number of likely N-dealkylation sites (N-methyl/N-ethyl adjacent to an activating group) is 1. The lowest BCUT2D eigenvalue weighted by atomic mass is 10.0. The number of hydrogen-bond acceptors (Lipinski definition) is 4. The molecule has 0 spiro atoms. The Morgan fingerprint density at radius 1 is 1.17 bits per heavy atom. The van der Waals surface area contributed by atoms with Gasteiger partial charge in [-0.15, -0.1) is 11.8 Å². The SMILES string of the molecule is CN(C)CCNC(=O)c1nn(-c2ccccc2)c2c1CSc1c(F)cccc1-2.O.O. The fourth-order valence-electron chi connectivity index (χ4n) is 3.27. The van der Waals surface area contributed by atoms with Crippen molar-refractivity contribution in [2.24, 2.45) is 0 Å². The van der Waals surface area contributed by atoms with E-state index in [1.54, 1.807) is 10.7 Å². The van der Waals surface area contributed by atoms with Gasteiger partial charge in [0.2, 0.25) is 0 Å². The van der Waals surface area contributed by atoms with Crippen LogP contribution in [0, 0.1) is 5.82 Å². The maximum Gasteiger partial charge on any atom is 0.272 e. The first-order valence-electron chi connectivity index (χ1n) is 9.08. The van der Waals surface area contributed by atoms with Crippen molar-refractivity contribution in [3.05, 3.63) is 65.6 Å². The first-order chi connectivity index (χ1) is 13.6. The normalized spacial score (nSPS) is 11.7. The number of nitrogens with zero attached hydrogens (tertiary/aromatic N) is 3. The average molecular weight is 433 g/mol. The summed E-state index contributed by atoms with van der Waals surface area (Å²) in [6.07, 6.45) is 0. The Labute approximate surface area is 178 Å². The van der Waals surface area contributed by atoms with Crippen LogP contribution < -0.4 is 5.32 Å². The van der Waals surface area contributed by atoms with Crippen LogP contribution in [0.1, 0.15) is 16.1 Å². The van der Waals surface area contributed by atoms with E-state index in [-0.39, 0.29) is 22.7 Å². The van der Waals surface area contributed by atoms with Crippen molar-refractivity contribution in [2.75, 3.05) is 27.2 Å². The number of carbonyl (C=O) groups excluding carboxylic acids is 1. The van der Waals surface area contributed by atoms with Gasteiger partial charge in [0.05, 0.1) is 16.3 Å². The molecule has 0 saturated heterocycles. The lowest BCUT2D eigenvalue weighted by Crippen LogP contribution is -2.32. The largest absolute Gasteiger partial charge is 0.412 e. The monoisotopic (exact) mass is 432 g/mol. The van der Waals surface area contributed by atoms with Crippen molar-refractivity contribution >= 4 is 17.7 Å². The van der Waals surface area contributed by atoms with Crippen molar-refractivity contribution in [3.63, 3.8) is 0 Å². The van der Waals surface area contributed by atoms with E-state index in [2.05, 4.69) is 10.4 Å². The summed E-state index contributed by atoms with van der Waals surface area (Å²) in [5, 5.41) is 7.58. The van der Waals surface area contributed by atoms with Gasteiger partial charge in [0, 0.05) is 30.0 Å². The predicted molar refractivity (Wildman–Crippen MR) is 117 cm³/mol.